The van der Waals surface area contributed by atoms with Crippen molar-refractivity contribution < 1.29 is 14.1 Å². The van der Waals surface area contributed by atoms with E-state index in [9.17, 15) is 4.79 Å². The summed E-state index contributed by atoms with van der Waals surface area (Å²) in [6.07, 6.45) is 0.391. The Morgan fingerprint density at radius 2 is 1.81 bits per heavy atom. The van der Waals surface area contributed by atoms with Gasteiger partial charge in [-0.05, 0) is 35.6 Å². The molecule has 0 bridgehead atoms. The van der Waals surface area contributed by atoms with Crippen molar-refractivity contribution in [3.8, 4) is 17.1 Å². The molecule has 4 rings (SSSR count). The molecule has 0 aliphatic carbocycles. The average Bonchev–Trinajstić information content (AvgIpc) is 3.37. The minimum Gasteiger partial charge on any atom is -0.494 e. The number of hydrogen-bond acceptors (Lipinski definition) is 5. The van der Waals surface area contributed by atoms with E-state index in [4.69, 9.17) is 9.26 Å². The second-order valence-electron chi connectivity index (χ2n) is 9.04. The highest BCUT2D eigenvalue weighted by atomic mass is 16.5. The summed E-state index contributed by atoms with van der Waals surface area (Å²) in [7, 11) is 0. The number of carbonyl (C=O) groups is 1. The Labute approximate surface area is 183 Å². The van der Waals surface area contributed by atoms with Gasteiger partial charge in [-0.25, -0.2) is 0 Å². The lowest BCUT2D eigenvalue weighted by molar-refractivity contribution is -0.128. The molecule has 1 aliphatic heterocycles. The maximum absolute atomic E-state index is 12.6. The molecule has 162 valence electrons. The van der Waals surface area contributed by atoms with Crippen LogP contribution in [-0.4, -0.2) is 34.1 Å². The molecule has 1 saturated heterocycles. The van der Waals surface area contributed by atoms with Gasteiger partial charge < -0.3 is 14.2 Å². The van der Waals surface area contributed by atoms with Crippen molar-refractivity contribution in [3.05, 3.63) is 65.5 Å². The SMILES string of the molecule is CCOc1ccc(CN2CC(c3nc(-c4ccc(C(C)(C)C)cc4)no3)CC2=O)cc1. The van der Waals surface area contributed by atoms with Crippen LogP contribution in [0, 0.1) is 0 Å². The zero-order valence-corrected chi connectivity index (χ0v) is 18.6. The summed E-state index contributed by atoms with van der Waals surface area (Å²) >= 11 is 0. The highest BCUT2D eigenvalue weighted by molar-refractivity contribution is 5.79. The van der Waals surface area contributed by atoms with Crippen molar-refractivity contribution in [2.75, 3.05) is 13.2 Å². The van der Waals surface area contributed by atoms with Crippen molar-refractivity contribution >= 4 is 5.91 Å². The fourth-order valence-corrected chi connectivity index (χ4v) is 3.81. The summed E-state index contributed by atoms with van der Waals surface area (Å²) < 4.78 is 11.0. The maximum atomic E-state index is 12.6. The second-order valence-corrected chi connectivity index (χ2v) is 9.04. The first-order valence-electron chi connectivity index (χ1n) is 10.8. The van der Waals surface area contributed by atoms with Gasteiger partial charge in [0.2, 0.25) is 17.6 Å². The Kier molecular flexibility index (Phi) is 5.81. The normalized spacial score (nSPS) is 16.7. The molecule has 1 amide bonds. The molecule has 0 spiro atoms. The minimum atomic E-state index is -0.0784. The highest BCUT2D eigenvalue weighted by Crippen LogP contribution is 2.30. The number of carbonyl (C=O) groups excluding carboxylic acids is 1. The molecule has 31 heavy (non-hydrogen) atoms. The van der Waals surface area contributed by atoms with Gasteiger partial charge in [-0.2, -0.15) is 4.98 Å². The van der Waals surface area contributed by atoms with Crippen LogP contribution in [0.1, 0.15) is 57.1 Å². The van der Waals surface area contributed by atoms with E-state index in [0.717, 1.165) is 16.9 Å². The molecule has 0 N–H and O–H groups in total. The number of aromatic nitrogens is 2. The van der Waals surface area contributed by atoms with Crippen LogP contribution in [0.4, 0.5) is 0 Å². The van der Waals surface area contributed by atoms with Crippen LogP contribution in [0.25, 0.3) is 11.4 Å². The first-order valence-corrected chi connectivity index (χ1v) is 10.8. The van der Waals surface area contributed by atoms with Crippen LogP contribution in [-0.2, 0) is 16.8 Å². The van der Waals surface area contributed by atoms with Gasteiger partial charge in [0.05, 0.1) is 12.5 Å². The van der Waals surface area contributed by atoms with Crippen molar-refractivity contribution in [2.24, 2.45) is 0 Å². The smallest absolute Gasteiger partial charge is 0.232 e. The molecule has 2 aromatic carbocycles. The molecular weight excluding hydrogens is 390 g/mol. The summed E-state index contributed by atoms with van der Waals surface area (Å²) in [6.45, 7) is 10.3. The quantitative estimate of drug-likeness (QED) is 0.565. The van der Waals surface area contributed by atoms with Gasteiger partial charge in [-0.1, -0.05) is 62.3 Å². The number of hydrogen-bond donors (Lipinski definition) is 0. The van der Waals surface area contributed by atoms with Crippen LogP contribution in [0.2, 0.25) is 0 Å². The Bertz CT molecular complexity index is 1030. The predicted molar refractivity (Wildman–Crippen MR) is 119 cm³/mol. The lowest BCUT2D eigenvalue weighted by Gasteiger charge is -2.18. The maximum Gasteiger partial charge on any atom is 0.232 e. The lowest BCUT2D eigenvalue weighted by Crippen LogP contribution is -2.24. The number of amides is 1. The number of likely N-dealkylation sites (tertiary alicyclic amines) is 1. The molecule has 1 fully saturated rings. The van der Waals surface area contributed by atoms with E-state index in [-0.39, 0.29) is 17.2 Å². The third-order valence-electron chi connectivity index (χ3n) is 5.62. The summed E-state index contributed by atoms with van der Waals surface area (Å²) in [6, 6.07) is 16.1. The largest absolute Gasteiger partial charge is 0.494 e. The first kappa shape index (κ1) is 21.1. The van der Waals surface area contributed by atoms with E-state index in [2.05, 4.69) is 43.0 Å². The van der Waals surface area contributed by atoms with Crippen molar-refractivity contribution in [3.63, 3.8) is 0 Å². The van der Waals surface area contributed by atoms with Gasteiger partial charge in [0.1, 0.15) is 5.75 Å². The van der Waals surface area contributed by atoms with E-state index in [1.54, 1.807) is 0 Å². The third-order valence-corrected chi connectivity index (χ3v) is 5.62. The molecule has 1 aliphatic rings. The summed E-state index contributed by atoms with van der Waals surface area (Å²) in [5.74, 6) is 1.95. The summed E-state index contributed by atoms with van der Waals surface area (Å²) in [4.78, 5) is 19.0. The highest BCUT2D eigenvalue weighted by Gasteiger charge is 2.34. The molecule has 0 radical (unpaired) electrons. The van der Waals surface area contributed by atoms with E-state index in [1.165, 1.54) is 5.56 Å². The Morgan fingerprint density at radius 1 is 1.10 bits per heavy atom. The van der Waals surface area contributed by atoms with Crippen LogP contribution in [0.5, 0.6) is 5.75 Å². The van der Waals surface area contributed by atoms with Gasteiger partial charge in [0.25, 0.3) is 0 Å². The number of benzene rings is 2. The molecule has 3 aromatic rings. The van der Waals surface area contributed by atoms with Crippen molar-refractivity contribution in [1.29, 1.82) is 0 Å². The molecule has 1 unspecified atom stereocenters. The Morgan fingerprint density at radius 3 is 2.45 bits per heavy atom. The van der Waals surface area contributed by atoms with E-state index in [0.29, 0.717) is 37.8 Å². The van der Waals surface area contributed by atoms with Gasteiger partial charge in [0.15, 0.2) is 0 Å². The van der Waals surface area contributed by atoms with Crippen LogP contribution in [0.3, 0.4) is 0 Å². The molecule has 6 heteroatoms. The van der Waals surface area contributed by atoms with E-state index >= 15 is 0 Å². The number of nitrogens with zero attached hydrogens (tertiary/aromatic N) is 3. The van der Waals surface area contributed by atoms with Gasteiger partial charge in [-0.3, -0.25) is 4.79 Å². The zero-order chi connectivity index (χ0) is 22.0. The minimum absolute atomic E-state index is 0.0784. The van der Waals surface area contributed by atoms with Gasteiger partial charge >= 0.3 is 0 Å². The zero-order valence-electron chi connectivity index (χ0n) is 18.6. The summed E-state index contributed by atoms with van der Waals surface area (Å²) in [5.41, 5.74) is 3.34. The summed E-state index contributed by atoms with van der Waals surface area (Å²) in [5, 5.41) is 4.15. The first-order chi connectivity index (χ1) is 14.8. The van der Waals surface area contributed by atoms with Crippen molar-refractivity contribution in [2.45, 2.75) is 52.0 Å². The predicted octanol–water partition coefficient (Wildman–Crippen LogP) is 4.95. The van der Waals surface area contributed by atoms with Crippen LogP contribution >= 0.6 is 0 Å². The Balaban J connectivity index is 1.42. The Hall–Kier alpha value is -3.15. The fourth-order valence-electron chi connectivity index (χ4n) is 3.81. The number of rotatable bonds is 6. The molecular formula is C25H29N3O3. The average molecular weight is 420 g/mol. The molecule has 0 saturated carbocycles. The standard InChI is InChI=1S/C25H29N3O3/c1-5-30-21-12-6-17(7-13-21)15-28-16-19(14-22(28)29)24-26-23(27-31-24)18-8-10-20(11-9-18)25(2,3)4/h6-13,19H,5,14-16H2,1-4H3. The lowest BCUT2D eigenvalue weighted by atomic mass is 9.87. The van der Waals surface area contributed by atoms with E-state index in [1.807, 2.05) is 48.2 Å². The molecule has 1 atom stereocenters. The van der Waals surface area contributed by atoms with Crippen molar-refractivity contribution in [1.82, 2.24) is 15.0 Å². The third kappa shape index (κ3) is 4.79. The monoisotopic (exact) mass is 419 g/mol. The fraction of sp³-hybridized carbons (Fsp3) is 0.400. The second kappa shape index (κ2) is 8.53. The molecule has 2 heterocycles. The van der Waals surface area contributed by atoms with Crippen LogP contribution < -0.4 is 4.74 Å². The van der Waals surface area contributed by atoms with Gasteiger partial charge in [0, 0.05) is 25.1 Å². The number of ether oxygens (including phenoxy) is 1. The van der Waals surface area contributed by atoms with E-state index < -0.39 is 0 Å². The topological polar surface area (TPSA) is 68.5 Å². The molecule has 1 aromatic heterocycles. The molecule has 6 nitrogen and oxygen atoms in total. The van der Waals surface area contributed by atoms with Crippen LogP contribution in [0.15, 0.2) is 53.1 Å². The van der Waals surface area contributed by atoms with Gasteiger partial charge in [-0.15, -0.1) is 0 Å².